The first-order valence-corrected chi connectivity index (χ1v) is 9.57. The van der Waals surface area contributed by atoms with Gasteiger partial charge in [0.05, 0.1) is 24.4 Å². The van der Waals surface area contributed by atoms with Gasteiger partial charge in [0.2, 0.25) is 0 Å². The molecule has 2 aromatic carbocycles. The Kier molecular flexibility index (Phi) is 7.33. The van der Waals surface area contributed by atoms with E-state index >= 15 is 0 Å². The Balaban J connectivity index is 1.62. The molecule has 9 heteroatoms. The van der Waals surface area contributed by atoms with Crippen molar-refractivity contribution < 1.29 is 28.5 Å². The van der Waals surface area contributed by atoms with Crippen LogP contribution >= 0.6 is 0 Å². The number of nitrogens with one attached hydrogen (secondary N) is 2. The number of carbonyl (C=O) groups is 1. The van der Waals surface area contributed by atoms with E-state index in [1.165, 1.54) is 0 Å². The molecule has 3 rings (SSSR count). The molecule has 1 aliphatic heterocycles. The fourth-order valence-electron chi connectivity index (χ4n) is 3.62. The van der Waals surface area contributed by atoms with Crippen molar-refractivity contribution in [3.63, 3.8) is 0 Å². The van der Waals surface area contributed by atoms with Crippen LogP contribution in [-0.4, -0.2) is 65.7 Å². The van der Waals surface area contributed by atoms with Gasteiger partial charge >= 0.3 is 6.03 Å². The number of benzene rings is 2. The Labute approximate surface area is 173 Å². The van der Waals surface area contributed by atoms with E-state index in [1.54, 1.807) is 0 Å². The number of hydrogen-bond acceptors (Lipinski definition) is 5. The number of amides is 2. The maximum atomic E-state index is 13.7. The molecule has 162 valence electrons. The second kappa shape index (κ2) is 9.94. The molecule has 0 aromatic heterocycles. The minimum Gasteiger partial charge on any atom is -0.394 e. The monoisotopic (exact) mass is 421 g/mol. The maximum Gasteiger partial charge on any atom is 0.319 e. The van der Waals surface area contributed by atoms with E-state index in [1.807, 2.05) is 42.3 Å². The third-order valence-electron chi connectivity index (χ3n) is 5.07. The number of likely N-dealkylation sites (N-methyl/N-ethyl adjacent to an activating group) is 1. The van der Waals surface area contributed by atoms with Gasteiger partial charge in [-0.1, -0.05) is 30.3 Å². The fraction of sp³-hybridized carbons (Fsp3) is 0.381. The van der Waals surface area contributed by atoms with Crippen molar-refractivity contribution in [3.05, 3.63) is 65.7 Å². The highest BCUT2D eigenvalue weighted by Gasteiger charge is 2.45. The van der Waals surface area contributed by atoms with E-state index < -0.39 is 42.0 Å². The maximum absolute atomic E-state index is 13.7. The van der Waals surface area contributed by atoms with Crippen molar-refractivity contribution in [1.29, 1.82) is 0 Å². The normalized spacial score (nSPS) is 23.5. The van der Waals surface area contributed by atoms with Crippen LogP contribution in [0.25, 0.3) is 0 Å². The molecule has 0 saturated carbocycles. The average Bonchev–Trinajstić information content (AvgIpc) is 3.05. The van der Waals surface area contributed by atoms with Crippen molar-refractivity contribution in [2.24, 2.45) is 0 Å². The van der Waals surface area contributed by atoms with E-state index in [4.69, 9.17) is 4.74 Å². The molecule has 30 heavy (non-hydrogen) atoms. The summed E-state index contributed by atoms with van der Waals surface area (Å²) >= 11 is 0. The first-order chi connectivity index (χ1) is 14.4. The minimum atomic E-state index is -0.951. The standard InChI is InChI=1S/C21H25F2N3O4/c1-26(11-13-5-3-2-4-6-13)19-17(30-18(12-27)20(19)28)10-24-21(29)25-16-8-7-14(22)9-15(16)23/h2-9,17-20,27-28H,10-12H2,1H3,(H2,24,25,29). The predicted molar refractivity (Wildman–Crippen MR) is 107 cm³/mol. The van der Waals surface area contributed by atoms with Gasteiger partial charge < -0.3 is 25.6 Å². The van der Waals surface area contributed by atoms with Gasteiger partial charge in [0.15, 0.2) is 0 Å². The van der Waals surface area contributed by atoms with E-state index in [0.29, 0.717) is 12.6 Å². The van der Waals surface area contributed by atoms with Crippen molar-refractivity contribution in [1.82, 2.24) is 10.2 Å². The zero-order valence-corrected chi connectivity index (χ0v) is 16.5. The topological polar surface area (TPSA) is 94.1 Å². The smallest absolute Gasteiger partial charge is 0.319 e. The molecule has 1 heterocycles. The number of ether oxygens (including phenoxy) is 1. The highest BCUT2D eigenvalue weighted by Crippen LogP contribution is 2.26. The van der Waals surface area contributed by atoms with Crippen LogP contribution in [0.5, 0.6) is 0 Å². The Hall–Kier alpha value is -2.59. The summed E-state index contributed by atoms with van der Waals surface area (Å²) in [6, 6.07) is 11.3. The summed E-state index contributed by atoms with van der Waals surface area (Å²) in [6.45, 7) is 0.194. The summed E-state index contributed by atoms with van der Waals surface area (Å²) in [5.41, 5.74) is 0.878. The molecular weight excluding hydrogens is 396 g/mol. The highest BCUT2D eigenvalue weighted by molar-refractivity contribution is 5.89. The molecule has 0 aliphatic carbocycles. The molecule has 1 aliphatic rings. The molecule has 0 bridgehead atoms. The van der Waals surface area contributed by atoms with Crippen molar-refractivity contribution in [2.75, 3.05) is 25.5 Å². The van der Waals surface area contributed by atoms with Gasteiger partial charge in [0, 0.05) is 19.2 Å². The molecular formula is C21H25F2N3O4. The lowest BCUT2D eigenvalue weighted by Crippen LogP contribution is -2.49. The average molecular weight is 421 g/mol. The van der Waals surface area contributed by atoms with Crippen LogP contribution in [0.2, 0.25) is 0 Å². The van der Waals surface area contributed by atoms with Crippen LogP contribution < -0.4 is 10.6 Å². The molecule has 2 amide bonds. The van der Waals surface area contributed by atoms with Crippen LogP contribution in [0.15, 0.2) is 48.5 Å². The summed E-state index contributed by atoms with van der Waals surface area (Å²) < 4.78 is 32.4. The van der Waals surface area contributed by atoms with Crippen molar-refractivity contribution in [3.8, 4) is 0 Å². The van der Waals surface area contributed by atoms with E-state index in [2.05, 4.69) is 10.6 Å². The Morgan fingerprint density at radius 3 is 2.57 bits per heavy atom. The number of aliphatic hydroxyl groups excluding tert-OH is 2. The number of aliphatic hydroxyl groups is 2. The Morgan fingerprint density at radius 1 is 1.17 bits per heavy atom. The third-order valence-corrected chi connectivity index (χ3v) is 5.07. The molecule has 1 saturated heterocycles. The molecule has 4 unspecified atom stereocenters. The SMILES string of the molecule is CN(Cc1ccccc1)C1C(CNC(=O)Nc2ccc(F)cc2F)OC(CO)C1O. The summed E-state index contributed by atoms with van der Waals surface area (Å²) in [6.07, 6.45) is -2.33. The largest absolute Gasteiger partial charge is 0.394 e. The lowest BCUT2D eigenvalue weighted by Gasteiger charge is -2.30. The Bertz CT molecular complexity index is 855. The van der Waals surface area contributed by atoms with Crippen molar-refractivity contribution >= 4 is 11.7 Å². The Morgan fingerprint density at radius 2 is 1.90 bits per heavy atom. The fourth-order valence-corrected chi connectivity index (χ4v) is 3.62. The first kappa shape index (κ1) is 22.1. The number of halogens is 2. The van der Waals surface area contributed by atoms with Crippen LogP contribution in [0.4, 0.5) is 19.3 Å². The number of nitrogens with zero attached hydrogens (tertiary/aromatic N) is 1. The van der Waals surface area contributed by atoms with Gasteiger partial charge in [-0.2, -0.15) is 0 Å². The molecule has 4 N–H and O–H groups in total. The molecule has 7 nitrogen and oxygen atoms in total. The number of urea groups is 1. The van der Waals surface area contributed by atoms with Crippen LogP contribution in [0.1, 0.15) is 5.56 Å². The third kappa shape index (κ3) is 5.31. The molecule has 2 aromatic rings. The van der Waals surface area contributed by atoms with Gasteiger partial charge in [-0.25, -0.2) is 13.6 Å². The second-order valence-electron chi connectivity index (χ2n) is 7.24. The van der Waals surface area contributed by atoms with E-state index in [0.717, 1.165) is 17.7 Å². The summed E-state index contributed by atoms with van der Waals surface area (Å²) in [5.74, 6) is -1.63. The van der Waals surface area contributed by atoms with Gasteiger partial charge in [0.1, 0.15) is 23.8 Å². The zero-order valence-electron chi connectivity index (χ0n) is 16.5. The summed E-state index contributed by atoms with van der Waals surface area (Å²) in [7, 11) is 1.82. The second-order valence-corrected chi connectivity index (χ2v) is 7.24. The number of hydrogen-bond donors (Lipinski definition) is 4. The molecule has 0 radical (unpaired) electrons. The van der Waals surface area contributed by atoms with E-state index in [9.17, 15) is 23.8 Å². The number of carbonyl (C=O) groups excluding carboxylic acids is 1. The molecule has 1 fully saturated rings. The quantitative estimate of drug-likeness (QED) is 0.546. The zero-order chi connectivity index (χ0) is 21.7. The van der Waals surface area contributed by atoms with Crippen molar-refractivity contribution in [2.45, 2.75) is 30.9 Å². The minimum absolute atomic E-state index is 0.0198. The summed E-state index contributed by atoms with van der Waals surface area (Å²) in [5, 5.41) is 25.0. The van der Waals surface area contributed by atoms with Gasteiger partial charge in [-0.3, -0.25) is 4.90 Å². The first-order valence-electron chi connectivity index (χ1n) is 9.57. The molecule has 0 spiro atoms. The van der Waals surface area contributed by atoms with E-state index in [-0.39, 0.29) is 18.8 Å². The van der Waals surface area contributed by atoms with Gasteiger partial charge in [0.25, 0.3) is 0 Å². The lowest BCUT2D eigenvalue weighted by atomic mass is 10.0. The summed E-state index contributed by atoms with van der Waals surface area (Å²) in [4.78, 5) is 14.0. The van der Waals surface area contributed by atoms with Crippen LogP contribution in [0, 0.1) is 11.6 Å². The predicted octanol–water partition coefficient (Wildman–Crippen LogP) is 1.71. The number of rotatable bonds is 7. The highest BCUT2D eigenvalue weighted by atomic mass is 19.1. The van der Waals surface area contributed by atoms with Gasteiger partial charge in [-0.05, 0) is 24.7 Å². The lowest BCUT2D eigenvalue weighted by molar-refractivity contribution is -0.0205. The van der Waals surface area contributed by atoms with Gasteiger partial charge in [-0.15, -0.1) is 0 Å². The molecule has 4 atom stereocenters. The van der Waals surface area contributed by atoms with Crippen LogP contribution in [-0.2, 0) is 11.3 Å². The van der Waals surface area contributed by atoms with Crippen LogP contribution in [0.3, 0.4) is 0 Å². The number of anilines is 1.